The van der Waals surface area contributed by atoms with Crippen LogP contribution in [0.15, 0.2) is 22.7 Å². The molecule has 0 amide bonds. The summed E-state index contributed by atoms with van der Waals surface area (Å²) < 4.78 is 43.7. The van der Waals surface area contributed by atoms with Crippen LogP contribution < -0.4 is 5.32 Å². The Hall–Kier alpha value is -1.28. The van der Waals surface area contributed by atoms with Crippen LogP contribution in [-0.4, -0.2) is 30.8 Å². The van der Waals surface area contributed by atoms with Gasteiger partial charge in [-0.1, -0.05) is 15.9 Å². The second kappa shape index (κ2) is 6.94. The van der Waals surface area contributed by atoms with Crippen molar-refractivity contribution in [1.29, 1.82) is 0 Å². The van der Waals surface area contributed by atoms with Crippen molar-refractivity contribution in [3.63, 3.8) is 0 Å². The van der Waals surface area contributed by atoms with Crippen LogP contribution in [0.1, 0.15) is 12.0 Å². The lowest BCUT2D eigenvalue weighted by molar-refractivity contribution is -0.139. The molecule has 0 aliphatic rings. The molecule has 1 aromatic carbocycles. The van der Waals surface area contributed by atoms with E-state index < -0.39 is 23.8 Å². The first-order chi connectivity index (χ1) is 9.25. The van der Waals surface area contributed by atoms with E-state index in [1.54, 1.807) is 0 Å². The molecule has 20 heavy (non-hydrogen) atoms. The Morgan fingerprint density at radius 2 is 2.15 bits per heavy atom. The molecule has 0 saturated heterocycles. The smallest absolute Gasteiger partial charge is 0.418 e. The van der Waals surface area contributed by atoms with Gasteiger partial charge in [0.25, 0.3) is 0 Å². The predicted molar refractivity (Wildman–Crippen MR) is 70.7 cm³/mol. The molecule has 1 atom stereocenters. The molecule has 112 valence electrons. The molecular weight excluding hydrogens is 343 g/mol. The molecule has 0 radical (unpaired) electrons. The molecule has 0 saturated carbocycles. The molecule has 0 spiro atoms. The van der Waals surface area contributed by atoms with Gasteiger partial charge < -0.3 is 15.2 Å². The number of nitrogens with one attached hydrogen (secondary N) is 1. The van der Waals surface area contributed by atoms with Crippen molar-refractivity contribution >= 4 is 27.6 Å². The fourth-order valence-corrected chi connectivity index (χ4v) is 1.92. The van der Waals surface area contributed by atoms with Gasteiger partial charge in [-0.3, -0.25) is 0 Å². The molecule has 4 nitrogen and oxygen atoms in total. The molecule has 0 fully saturated rings. The van der Waals surface area contributed by atoms with Crippen molar-refractivity contribution in [1.82, 2.24) is 0 Å². The number of carbonyl (C=O) groups is 1. The number of alkyl halides is 3. The predicted octanol–water partition coefficient (Wildman–Crippen LogP) is 3.37. The van der Waals surface area contributed by atoms with Crippen LogP contribution in [-0.2, 0) is 15.7 Å². The number of rotatable bonds is 6. The first kappa shape index (κ1) is 16.8. The zero-order valence-electron chi connectivity index (χ0n) is 10.5. The monoisotopic (exact) mass is 355 g/mol. The Bertz CT molecular complexity index is 480. The van der Waals surface area contributed by atoms with Gasteiger partial charge in [0.2, 0.25) is 0 Å². The molecule has 0 aliphatic heterocycles. The number of benzene rings is 1. The van der Waals surface area contributed by atoms with E-state index in [0.29, 0.717) is 0 Å². The molecule has 0 aliphatic carbocycles. The highest BCUT2D eigenvalue weighted by atomic mass is 79.9. The van der Waals surface area contributed by atoms with E-state index in [1.165, 1.54) is 19.2 Å². The molecule has 1 unspecified atom stereocenters. The standard InChI is InChI=1S/C12H13BrF3NO3/c1-20-5-4-10(11(18)19)17-9-3-2-7(13)6-8(9)12(14,15)16/h2-3,6,10,17H,4-5H2,1H3,(H,18,19). The number of carboxylic acid groups (broad SMARTS) is 1. The van der Waals surface area contributed by atoms with Crippen LogP contribution in [0.5, 0.6) is 0 Å². The maximum absolute atomic E-state index is 12.9. The highest BCUT2D eigenvalue weighted by molar-refractivity contribution is 9.10. The zero-order valence-corrected chi connectivity index (χ0v) is 12.1. The van der Waals surface area contributed by atoms with Gasteiger partial charge in [0.05, 0.1) is 5.56 Å². The van der Waals surface area contributed by atoms with E-state index in [2.05, 4.69) is 21.2 Å². The van der Waals surface area contributed by atoms with Crippen LogP contribution in [0.3, 0.4) is 0 Å². The third kappa shape index (κ3) is 4.68. The van der Waals surface area contributed by atoms with Crippen molar-refractivity contribution in [2.24, 2.45) is 0 Å². The summed E-state index contributed by atoms with van der Waals surface area (Å²) in [6.07, 6.45) is -4.52. The molecule has 2 N–H and O–H groups in total. The average Bonchev–Trinajstić information content (AvgIpc) is 2.34. The average molecular weight is 356 g/mol. The Morgan fingerprint density at radius 3 is 2.65 bits per heavy atom. The van der Waals surface area contributed by atoms with Crippen molar-refractivity contribution in [2.75, 3.05) is 19.0 Å². The molecule has 0 bridgehead atoms. The van der Waals surface area contributed by atoms with Crippen molar-refractivity contribution in [2.45, 2.75) is 18.6 Å². The largest absolute Gasteiger partial charge is 0.480 e. The number of methoxy groups -OCH3 is 1. The number of hydrogen-bond acceptors (Lipinski definition) is 3. The molecule has 0 heterocycles. The van der Waals surface area contributed by atoms with E-state index in [1.807, 2.05) is 0 Å². The van der Waals surface area contributed by atoms with Gasteiger partial charge in [-0.2, -0.15) is 13.2 Å². The minimum atomic E-state index is -4.57. The third-order valence-electron chi connectivity index (χ3n) is 2.53. The highest BCUT2D eigenvalue weighted by Gasteiger charge is 2.34. The van der Waals surface area contributed by atoms with Crippen LogP contribution >= 0.6 is 15.9 Å². The van der Waals surface area contributed by atoms with Gasteiger partial charge in [0.15, 0.2) is 0 Å². The third-order valence-corrected chi connectivity index (χ3v) is 3.02. The summed E-state index contributed by atoms with van der Waals surface area (Å²) in [4.78, 5) is 11.0. The minimum Gasteiger partial charge on any atom is -0.480 e. The Morgan fingerprint density at radius 1 is 1.50 bits per heavy atom. The van der Waals surface area contributed by atoms with E-state index in [0.717, 1.165) is 6.07 Å². The maximum atomic E-state index is 12.9. The first-order valence-electron chi connectivity index (χ1n) is 5.60. The van der Waals surface area contributed by atoms with Crippen LogP contribution in [0.4, 0.5) is 18.9 Å². The van der Waals surface area contributed by atoms with E-state index in [-0.39, 0.29) is 23.2 Å². The summed E-state index contributed by atoms with van der Waals surface area (Å²) in [5.74, 6) is -1.24. The number of ether oxygens (including phenoxy) is 1. The quantitative estimate of drug-likeness (QED) is 0.821. The Labute approximate surface area is 122 Å². The molecule has 1 rings (SSSR count). The van der Waals surface area contributed by atoms with E-state index in [9.17, 15) is 18.0 Å². The lowest BCUT2D eigenvalue weighted by Crippen LogP contribution is -2.31. The molecule has 8 heteroatoms. The number of hydrogen-bond donors (Lipinski definition) is 2. The van der Waals surface area contributed by atoms with Gasteiger partial charge in [0, 0.05) is 30.3 Å². The second-order valence-electron chi connectivity index (χ2n) is 4.00. The van der Waals surface area contributed by atoms with Crippen LogP contribution in [0.2, 0.25) is 0 Å². The number of anilines is 1. The van der Waals surface area contributed by atoms with E-state index in [4.69, 9.17) is 9.84 Å². The lowest BCUT2D eigenvalue weighted by Gasteiger charge is -2.19. The zero-order chi connectivity index (χ0) is 15.3. The van der Waals surface area contributed by atoms with Crippen molar-refractivity contribution in [3.05, 3.63) is 28.2 Å². The summed E-state index contributed by atoms with van der Waals surface area (Å²) in [6, 6.07) is 2.34. The van der Waals surface area contributed by atoms with Crippen LogP contribution in [0.25, 0.3) is 0 Å². The maximum Gasteiger partial charge on any atom is 0.418 e. The Balaban J connectivity index is 3.03. The summed E-state index contributed by atoms with van der Waals surface area (Å²) in [7, 11) is 1.39. The number of aliphatic carboxylic acids is 1. The number of halogens is 4. The lowest BCUT2D eigenvalue weighted by atomic mass is 10.1. The summed E-state index contributed by atoms with van der Waals surface area (Å²) in [6.45, 7) is 0.127. The van der Waals surface area contributed by atoms with Crippen molar-refractivity contribution in [3.8, 4) is 0 Å². The molecular formula is C12H13BrF3NO3. The molecule has 1 aromatic rings. The number of carboxylic acids is 1. The summed E-state index contributed by atoms with van der Waals surface area (Å²) >= 11 is 2.96. The van der Waals surface area contributed by atoms with Gasteiger partial charge in [0.1, 0.15) is 6.04 Å². The Kier molecular flexibility index (Phi) is 5.82. The van der Waals surface area contributed by atoms with Crippen molar-refractivity contribution < 1.29 is 27.8 Å². The van der Waals surface area contributed by atoms with Gasteiger partial charge in [-0.25, -0.2) is 4.79 Å². The van der Waals surface area contributed by atoms with Gasteiger partial charge in [-0.05, 0) is 18.2 Å². The first-order valence-corrected chi connectivity index (χ1v) is 6.40. The normalized spacial score (nSPS) is 13.1. The fraction of sp³-hybridized carbons (Fsp3) is 0.417. The van der Waals surface area contributed by atoms with Crippen LogP contribution in [0, 0.1) is 0 Å². The highest BCUT2D eigenvalue weighted by Crippen LogP contribution is 2.36. The fourth-order valence-electron chi connectivity index (χ4n) is 1.56. The molecule has 0 aromatic heterocycles. The van der Waals surface area contributed by atoms with E-state index >= 15 is 0 Å². The topological polar surface area (TPSA) is 58.6 Å². The minimum absolute atomic E-state index is 0.0548. The van der Waals surface area contributed by atoms with Gasteiger partial charge >= 0.3 is 12.1 Å². The SMILES string of the molecule is COCCC(Nc1ccc(Br)cc1C(F)(F)F)C(=O)O. The van der Waals surface area contributed by atoms with Gasteiger partial charge in [-0.15, -0.1) is 0 Å². The summed E-state index contributed by atoms with van der Waals surface area (Å²) in [5.41, 5.74) is -1.19. The second-order valence-corrected chi connectivity index (χ2v) is 4.92. The summed E-state index contributed by atoms with van der Waals surface area (Å²) in [5, 5.41) is 11.4.